The molecule has 0 atom stereocenters. The number of nitrogens with zero attached hydrogens (tertiary/aromatic N) is 1. The third-order valence-electron chi connectivity index (χ3n) is 1.67. The second-order valence-electron chi connectivity index (χ2n) is 2.70. The summed E-state index contributed by atoms with van der Waals surface area (Å²) in [4.78, 5) is -0.398. The van der Waals surface area contributed by atoms with Gasteiger partial charge in [0.05, 0.1) is 10.6 Å². The third kappa shape index (κ3) is 2.20. The highest BCUT2D eigenvalue weighted by Gasteiger charge is 2.13. The lowest BCUT2D eigenvalue weighted by Crippen LogP contribution is -2.09. The molecule has 0 amide bonds. The molecule has 0 saturated carbocycles. The molecular weight excluding hydrogens is 210 g/mol. The summed E-state index contributed by atoms with van der Waals surface area (Å²) in [5, 5.41) is 18.5. The lowest BCUT2D eigenvalue weighted by atomic mass is 10.2. The molecule has 0 aliphatic rings. The fraction of sp³-hybridized carbons (Fsp3) is 0.143. The van der Waals surface area contributed by atoms with Gasteiger partial charge in [-0.1, -0.05) is 6.07 Å². The minimum atomic E-state index is -4.37. The van der Waals surface area contributed by atoms with Gasteiger partial charge in [0.2, 0.25) is 0 Å². The van der Waals surface area contributed by atoms with E-state index in [1.807, 2.05) is 0 Å². The van der Waals surface area contributed by atoms with Gasteiger partial charge in [-0.15, -0.1) is 0 Å². The van der Waals surface area contributed by atoms with E-state index in [9.17, 15) is 13.6 Å². The Kier molecular flexibility index (Phi) is 2.76. The van der Waals surface area contributed by atoms with Crippen LogP contribution < -0.4 is 5.23 Å². The van der Waals surface area contributed by atoms with Gasteiger partial charge in [0.1, 0.15) is 0 Å². The number of rotatable bonds is 2. The standard InChI is InChI=1S/C7H8NO5S/c1-5-2-3-6(8(9)10)4-7(5)14(11,12)13/h2-4,9H,1H3,(H,11,12,13)/q-1. The van der Waals surface area contributed by atoms with Gasteiger partial charge in [-0.05, 0) is 24.6 Å². The fourth-order valence-corrected chi connectivity index (χ4v) is 1.73. The molecule has 6 nitrogen and oxygen atoms in total. The highest BCUT2D eigenvalue weighted by molar-refractivity contribution is 7.85. The van der Waals surface area contributed by atoms with Crippen LogP contribution in [0.5, 0.6) is 0 Å². The van der Waals surface area contributed by atoms with Crippen LogP contribution in [0.4, 0.5) is 5.69 Å². The van der Waals surface area contributed by atoms with Crippen molar-refractivity contribution in [2.24, 2.45) is 0 Å². The van der Waals surface area contributed by atoms with Crippen molar-refractivity contribution in [3.05, 3.63) is 29.0 Å². The van der Waals surface area contributed by atoms with E-state index in [0.717, 1.165) is 6.07 Å². The molecule has 0 aromatic heterocycles. The quantitative estimate of drug-likeness (QED) is 0.565. The van der Waals surface area contributed by atoms with Crippen molar-refractivity contribution >= 4 is 15.8 Å². The van der Waals surface area contributed by atoms with E-state index in [4.69, 9.17) is 9.76 Å². The Balaban J connectivity index is 3.37. The van der Waals surface area contributed by atoms with Crippen molar-refractivity contribution in [3.8, 4) is 0 Å². The van der Waals surface area contributed by atoms with Crippen LogP contribution in [0.25, 0.3) is 0 Å². The van der Waals surface area contributed by atoms with E-state index in [1.54, 1.807) is 0 Å². The first-order valence-corrected chi connectivity index (χ1v) is 5.00. The Bertz CT molecular complexity index is 439. The van der Waals surface area contributed by atoms with Crippen LogP contribution in [0.15, 0.2) is 23.1 Å². The van der Waals surface area contributed by atoms with E-state index in [1.165, 1.54) is 19.1 Å². The molecule has 0 fully saturated rings. The first-order chi connectivity index (χ1) is 6.32. The van der Waals surface area contributed by atoms with E-state index in [-0.39, 0.29) is 11.3 Å². The van der Waals surface area contributed by atoms with Crippen molar-refractivity contribution in [1.82, 2.24) is 0 Å². The van der Waals surface area contributed by atoms with Crippen LogP contribution in [0.1, 0.15) is 5.56 Å². The van der Waals surface area contributed by atoms with Crippen molar-refractivity contribution in [2.75, 3.05) is 5.23 Å². The summed E-state index contributed by atoms with van der Waals surface area (Å²) in [6.45, 7) is 1.46. The van der Waals surface area contributed by atoms with Crippen molar-refractivity contribution in [3.63, 3.8) is 0 Å². The maximum absolute atomic E-state index is 10.8. The van der Waals surface area contributed by atoms with Crippen LogP contribution in [0.3, 0.4) is 0 Å². The molecule has 0 spiro atoms. The monoisotopic (exact) mass is 218 g/mol. The SMILES string of the molecule is Cc1ccc(N([O-])O)cc1S(=O)(=O)O. The van der Waals surface area contributed by atoms with E-state index < -0.39 is 20.2 Å². The molecule has 0 bridgehead atoms. The fourth-order valence-electron chi connectivity index (χ4n) is 0.986. The molecule has 14 heavy (non-hydrogen) atoms. The summed E-state index contributed by atoms with van der Waals surface area (Å²) >= 11 is 0. The maximum Gasteiger partial charge on any atom is 0.294 e. The number of benzene rings is 1. The largest absolute Gasteiger partial charge is 0.733 e. The van der Waals surface area contributed by atoms with E-state index >= 15 is 0 Å². The predicted molar refractivity (Wildman–Crippen MR) is 48.6 cm³/mol. The number of hydrogen-bond acceptors (Lipinski definition) is 5. The summed E-state index contributed by atoms with van der Waals surface area (Å²) < 4.78 is 30.3. The highest BCUT2D eigenvalue weighted by atomic mass is 32.2. The Morgan fingerprint density at radius 3 is 2.43 bits per heavy atom. The summed E-state index contributed by atoms with van der Waals surface area (Å²) in [7, 11) is -4.37. The van der Waals surface area contributed by atoms with Crippen LogP contribution >= 0.6 is 0 Å². The summed E-state index contributed by atoms with van der Waals surface area (Å²) in [6, 6.07) is 3.42. The number of aryl methyl sites for hydroxylation is 1. The second-order valence-corrected chi connectivity index (χ2v) is 4.09. The first kappa shape index (κ1) is 10.9. The minimum absolute atomic E-state index is 0.261. The van der Waals surface area contributed by atoms with E-state index in [2.05, 4.69) is 0 Å². The molecule has 1 aromatic carbocycles. The third-order valence-corrected chi connectivity index (χ3v) is 2.67. The Labute approximate surface area is 80.7 Å². The Morgan fingerprint density at radius 2 is 2.00 bits per heavy atom. The molecule has 78 valence electrons. The van der Waals surface area contributed by atoms with Crippen LogP contribution in [0, 0.1) is 12.1 Å². The molecule has 0 radical (unpaired) electrons. The van der Waals surface area contributed by atoms with E-state index in [0.29, 0.717) is 0 Å². The lowest BCUT2D eigenvalue weighted by Gasteiger charge is -2.22. The average Bonchev–Trinajstić information content (AvgIpc) is 2.02. The topological polar surface area (TPSA) is 101 Å². The zero-order chi connectivity index (χ0) is 10.9. The number of hydrogen-bond donors (Lipinski definition) is 2. The maximum atomic E-state index is 10.8. The molecule has 0 saturated heterocycles. The molecular formula is C7H8NO5S-. The first-order valence-electron chi connectivity index (χ1n) is 3.56. The minimum Gasteiger partial charge on any atom is -0.733 e. The van der Waals surface area contributed by atoms with Gasteiger partial charge >= 0.3 is 0 Å². The average molecular weight is 218 g/mol. The normalized spacial score (nSPS) is 11.4. The number of anilines is 1. The van der Waals surface area contributed by atoms with Gasteiger partial charge in [-0.25, -0.2) is 0 Å². The summed E-state index contributed by atoms with van der Waals surface area (Å²) in [6.07, 6.45) is 0. The molecule has 2 N–H and O–H groups in total. The lowest BCUT2D eigenvalue weighted by molar-refractivity contribution is 0.296. The predicted octanol–water partition coefficient (Wildman–Crippen LogP) is 0.935. The Hall–Kier alpha value is -1.15. The molecule has 0 unspecified atom stereocenters. The van der Waals surface area contributed by atoms with Crippen molar-refractivity contribution in [1.29, 1.82) is 0 Å². The smallest absolute Gasteiger partial charge is 0.294 e. The molecule has 0 aliphatic carbocycles. The molecule has 1 rings (SSSR count). The molecule has 1 aromatic rings. The zero-order valence-electron chi connectivity index (χ0n) is 7.21. The van der Waals surface area contributed by atoms with Gasteiger partial charge in [0.25, 0.3) is 10.1 Å². The van der Waals surface area contributed by atoms with Crippen molar-refractivity contribution < 1.29 is 18.2 Å². The van der Waals surface area contributed by atoms with Gasteiger partial charge < -0.3 is 10.4 Å². The highest BCUT2D eigenvalue weighted by Crippen LogP contribution is 2.21. The second kappa shape index (κ2) is 3.54. The summed E-state index contributed by atoms with van der Waals surface area (Å²) in [5.74, 6) is 0. The van der Waals surface area contributed by atoms with Gasteiger partial charge in [0, 0.05) is 0 Å². The van der Waals surface area contributed by atoms with Gasteiger partial charge in [-0.2, -0.15) is 8.42 Å². The van der Waals surface area contributed by atoms with Gasteiger partial charge in [-0.3, -0.25) is 9.76 Å². The van der Waals surface area contributed by atoms with Crippen LogP contribution in [-0.4, -0.2) is 18.2 Å². The Morgan fingerprint density at radius 1 is 1.43 bits per heavy atom. The van der Waals surface area contributed by atoms with Crippen LogP contribution in [0.2, 0.25) is 0 Å². The summed E-state index contributed by atoms with van der Waals surface area (Å²) in [5.41, 5.74) is 0.0290. The molecule has 0 aliphatic heterocycles. The molecule has 0 heterocycles. The molecule has 7 heteroatoms. The van der Waals surface area contributed by atoms with Crippen LogP contribution in [-0.2, 0) is 10.1 Å². The zero-order valence-corrected chi connectivity index (χ0v) is 8.02. The van der Waals surface area contributed by atoms with Gasteiger partial charge in [0.15, 0.2) is 0 Å². The van der Waals surface area contributed by atoms with Crippen molar-refractivity contribution in [2.45, 2.75) is 11.8 Å².